The van der Waals surface area contributed by atoms with Crippen molar-refractivity contribution in [2.45, 2.75) is 284 Å². The molecule has 6 nitrogen and oxygen atoms in total. The lowest BCUT2D eigenvalue weighted by molar-refractivity contribution is -0.167. The van der Waals surface area contributed by atoms with Crippen LogP contribution >= 0.6 is 0 Å². The van der Waals surface area contributed by atoms with E-state index in [9.17, 15) is 14.4 Å². The van der Waals surface area contributed by atoms with Crippen LogP contribution in [0.25, 0.3) is 0 Å². The van der Waals surface area contributed by atoms with Gasteiger partial charge in [0.2, 0.25) is 0 Å². The zero-order valence-corrected chi connectivity index (χ0v) is 45.3. The van der Waals surface area contributed by atoms with E-state index < -0.39 is 6.10 Å². The summed E-state index contributed by atoms with van der Waals surface area (Å²) in [5.74, 6) is -0.887. The lowest BCUT2D eigenvalue weighted by Gasteiger charge is -2.18. The molecule has 0 heterocycles. The van der Waals surface area contributed by atoms with Gasteiger partial charge < -0.3 is 14.2 Å². The Hall–Kier alpha value is -3.41. The van der Waals surface area contributed by atoms with E-state index in [1.54, 1.807) is 0 Å². The number of allylic oxidation sites excluding steroid dienone is 14. The first-order chi connectivity index (χ1) is 34.0. The van der Waals surface area contributed by atoms with Crippen molar-refractivity contribution < 1.29 is 28.6 Å². The van der Waals surface area contributed by atoms with Gasteiger partial charge in [-0.3, -0.25) is 14.4 Å². The molecule has 6 heteroatoms. The quantitative estimate of drug-likeness (QED) is 0.0262. The largest absolute Gasteiger partial charge is 0.462 e. The Balaban J connectivity index is 4.23. The Bertz CT molecular complexity index is 1330. The molecule has 396 valence electrons. The van der Waals surface area contributed by atoms with Crippen LogP contribution in [-0.2, 0) is 28.6 Å². The molecule has 0 aliphatic rings. The molecular formula is C63H108O6. The highest BCUT2D eigenvalue weighted by molar-refractivity contribution is 5.71. The molecule has 0 saturated carbocycles. The first-order valence-corrected chi connectivity index (χ1v) is 29.1. The van der Waals surface area contributed by atoms with Gasteiger partial charge >= 0.3 is 17.9 Å². The molecule has 0 aromatic rings. The van der Waals surface area contributed by atoms with Crippen LogP contribution < -0.4 is 0 Å². The third-order valence-corrected chi connectivity index (χ3v) is 12.4. The van der Waals surface area contributed by atoms with Crippen molar-refractivity contribution in [3.05, 3.63) is 85.1 Å². The minimum Gasteiger partial charge on any atom is -0.462 e. The average molecular weight is 962 g/mol. The molecule has 0 amide bonds. The molecule has 0 aromatic carbocycles. The first-order valence-electron chi connectivity index (χ1n) is 29.1. The molecule has 0 N–H and O–H groups in total. The molecule has 0 fully saturated rings. The van der Waals surface area contributed by atoms with Crippen LogP contribution in [0.4, 0.5) is 0 Å². The fourth-order valence-corrected chi connectivity index (χ4v) is 8.10. The number of hydrogen-bond donors (Lipinski definition) is 0. The number of carbonyl (C=O) groups excluding carboxylic acids is 3. The summed E-state index contributed by atoms with van der Waals surface area (Å²) in [6, 6.07) is 0. The normalized spacial score (nSPS) is 12.7. The highest BCUT2D eigenvalue weighted by Gasteiger charge is 2.19. The third kappa shape index (κ3) is 55.4. The monoisotopic (exact) mass is 961 g/mol. The lowest BCUT2D eigenvalue weighted by atomic mass is 10.0. The SMILES string of the molecule is CC/C=C\C/C=C\C/C=C\C/C=C\CCCCCCCCCCCCCCC(=O)OCC(COC(=O)CCCCCCCCCCC)OC(=O)CCCCCCCCC/C=C\C/C=C\C/C=C\CC. The first kappa shape index (κ1) is 65.6. The average Bonchev–Trinajstić information content (AvgIpc) is 3.35. The van der Waals surface area contributed by atoms with Gasteiger partial charge in [-0.1, -0.05) is 254 Å². The minimum atomic E-state index is -0.780. The summed E-state index contributed by atoms with van der Waals surface area (Å²) in [5.41, 5.74) is 0. The second-order valence-electron chi connectivity index (χ2n) is 19.1. The number of ether oxygens (including phenoxy) is 3. The maximum absolute atomic E-state index is 12.8. The predicted octanol–water partition coefficient (Wildman–Crippen LogP) is 19.5. The van der Waals surface area contributed by atoms with Crippen LogP contribution in [0.1, 0.15) is 278 Å². The molecule has 69 heavy (non-hydrogen) atoms. The molecule has 1 atom stereocenters. The van der Waals surface area contributed by atoms with Gasteiger partial charge in [0.25, 0.3) is 0 Å². The second kappa shape index (κ2) is 57.2. The molecule has 0 aliphatic heterocycles. The Morgan fingerprint density at radius 3 is 0.884 bits per heavy atom. The summed E-state index contributed by atoms with van der Waals surface area (Å²) in [4.78, 5) is 38.1. The highest BCUT2D eigenvalue weighted by atomic mass is 16.6. The van der Waals surface area contributed by atoms with E-state index in [-0.39, 0.29) is 31.1 Å². The van der Waals surface area contributed by atoms with Gasteiger partial charge in [-0.05, 0) is 89.9 Å². The van der Waals surface area contributed by atoms with E-state index in [2.05, 4.69) is 106 Å². The maximum atomic E-state index is 12.8. The number of rotatable bonds is 52. The molecule has 0 spiro atoms. The summed E-state index contributed by atoms with van der Waals surface area (Å²) >= 11 is 0. The standard InChI is InChI=1S/C63H108O6/c1-4-7-10-13-16-19-21-23-25-27-28-29-30-31-32-33-34-36-37-39-41-44-47-50-53-56-62(65)68-59-60(58-67-61(64)55-52-49-46-43-18-15-12-9-6-3)69-63(66)57-54-51-48-45-42-40-38-35-26-24-22-20-17-14-11-8-5-2/h7-8,10-11,16-17,19-20,23-26,28-29,60H,4-6,9,12-15,18,21-22,27,30-59H2,1-3H3/b10-7-,11-8-,19-16-,20-17-,25-23-,26-24-,29-28-. The van der Waals surface area contributed by atoms with Crippen LogP contribution in [0, 0.1) is 0 Å². The van der Waals surface area contributed by atoms with Crippen LogP contribution in [0.5, 0.6) is 0 Å². The van der Waals surface area contributed by atoms with E-state index in [4.69, 9.17) is 14.2 Å². The Morgan fingerprint density at radius 1 is 0.304 bits per heavy atom. The van der Waals surface area contributed by atoms with Crippen molar-refractivity contribution in [3.8, 4) is 0 Å². The molecular weight excluding hydrogens is 853 g/mol. The van der Waals surface area contributed by atoms with Gasteiger partial charge in [-0.25, -0.2) is 0 Å². The molecule has 1 unspecified atom stereocenters. The van der Waals surface area contributed by atoms with Crippen molar-refractivity contribution in [3.63, 3.8) is 0 Å². The topological polar surface area (TPSA) is 78.9 Å². The molecule has 0 rings (SSSR count). The van der Waals surface area contributed by atoms with Gasteiger partial charge in [-0.15, -0.1) is 0 Å². The Morgan fingerprint density at radius 2 is 0.565 bits per heavy atom. The molecule has 0 bridgehead atoms. The summed E-state index contributed by atoms with van der Waals surface area (Å²) in [6.45, 7) is 6.40. The fourth-order valence-electron chi connectivity index (χ4n) is 8.10. The van der Waals surface area contributed by atoms with Crippen molar-refractivity contribution in [1.29, 1.82) is 0 Å². The van der Waals surface area contributed by atoms with Gasteiger partial charge in [0.15, 0.2) is 6.10 Å². The lowest BCUT2D eigenvalue weighted by Crippen LogP contribution is -2.30. The smallest absolute Gasteiger partial charge is 0.306 e. The molecule has 0 saturated heterocycles. The summed E-state index contributed by atoms with van der Waals surface area (Å²) in [6.07, 6.45) is 74.4. The summed E-state index contributed by atoms with van der Waals surface area (Å²) < 4.78 is 16.8. The number of carbonyl (C=O) groups is 3. The zero-order chi connectivity index (χ0) is 50.0. The minimum absolute atomic E-state index is 0.0789. The van der Waals surface area contributed by atoms with E-state index in [1.807, 2.05) is 0 Å². The van der Waals surface area contributed by atoms with Crippen molar-refractivity contribution in [1.82, 2.24) is 0 Å². The van der Waals surface area contributed by atoms with Crippen LogP contribution in [0.3, 0.4) is 0 Å². The van der Waals surface area contributed by atoms with E-state index >= 15 is 0 Å². The third-order valence-electron chi connectivity index (χ3n) is 12.4. The second-order valence-corrected chi connectivity index (χ2v) is 19.1. The summed E-state index contributed by atoms with van der Waals surface area (Å²) in [7, 11) is 0. The van der Waals surface area contributed by atoms with Gasteiger partial charge in [0.05, 0.1) is 0 Å². The van der Waals surface area contributed by atoms with Gasteiger partial charge in [-0.2, -0.15) is 0 Å². The van der Waals surface area contributed by atoms with E-state index in [0.29, 0.717) is 19.3 Å². The van der Waals surface area contributed by atoms with Crippen LogP contribution in [-0.4, -0.2) is 37.2 Å². The van der Waals surface area contributed by atoms with Gasteiger partial charge in [0, 0.05) is 19.3 Å². The predicted molar refractivity (Wildman–Crippen MR) is 297 cm³/mol. The Kier molecular flexibility index (Phi) is 54.3. The summed E-state index contributed by atoms with van der Waals surface area (Å²) in [5, 5.41) is 0. The van der Waals surface area contributed by atoms with E-state index in [1.165, 1.54) is 128 Å². The number of unbranched alkanes of at least 4 members (excludes halogenated alkanes) is 27. The van der Waals surface area contributed by atoms with Crippen molar-refractivity contribution in [2.24, 2.45) is 0 Å². The number of hydrogen-bond acceptors (Lipinski definition) is 6. The zero-order valence-electron chi connectivity index (χ0n) is 45.3. The van der Waals surface area contributed by atoms with E-state index in [0.717, 1.165) is 109 Å². The maximum Gasteiger partial charge on any atom is 0.306 e. The van der Waals surface area contributed by atoms with Crippen molar-refractivity contribution in [2.75, 3.05) is 13.2 Å². The highest BCUT2D eigenvalue weighted by Crippen LogP contribution is 2.16. The fraction of sp³-hybridized carbons (Fsp3) is 0.730. The van der Waals surface area contributed by atoms with Crippen LogP contribution in [0.15, 0.2) is 85.1 Å². The molecule has 0 radical (unpaired) electrons. The van der Waals surface area contributed by atoms with Gasteiger partial charge in [0.1, 0.15) is 13.2 Å². The Labute approximate surface area is 426 Å². The number of esters is 3. The van der Waals surface area contributed by atoms with Crippen molar-refractivity contribution >= 4 is 17.9 Å². The molecule has 0 aromatic heterocycles. The molecule has 0 aliphatic carbocycles. The van der Waals surface area contributed by atoms with Crippen LogP contribution in [0.2, 0.25) is 0 Å².